The molecule has 2 N–H and O–H groups in total. The van der Waals surface area contributed by atoms with E-state index < -0.39 is 17.7 Å². The molecule has 4 aromatic rings. The summed E-state index contributed by atoms with van der Waals surface area (Å²) >= 11 is 0. The van der Waals surface area contributed by atoms with Gasteiger partial charge in [-0.05, 0) is 31.2 Å². The van der Waals surface area contributed by atoms with Crippen LogP contribution in [0.3, 0.4) is 0 Å². The van der Waals surface area contributed by atoms with E-state index in [0.717, 1.165) is 28.5 Å². The Morgan fingerprint density at radius 1 is 1.10 bits per heavy atom. The largest absolute Gasteiger partial charge is 0.336 e. The van der Waals surface area contributed by atoms with Crippen molar-refractivity contribution < 1.29 is 13.6 Å². The van der Waals surface area contributed by atoms with E-state index in [9.17, 15) is 13.6 Å². The molecule has 2 heterocycles. The zero-order valence-corrected chi connectivity index (χ0v) is 16.2. The van der Waals surface area contributed by atoms with Crippen molar-refractivity contribution in [3.05, 3.63) is 78.0 Å². The molecule has 6 nitrogen and oxygen atoms in total. The molecular formula is C22H19F2N5O. The van der Waals surface area contributed by atoms with Crippen LogP contribution in [0.25, 0.3) is 22.6 Å². The molecule has 0 fully saturated rings. The molecule has 2 amide bonds. The van der Waals surface area contributed by atoms with Gasteiger partial charge in [-0.1, -0.05) is 29.8 Å². The number of amides is 2. The number of pyridine rings is 1. The second-order valence-electron chi connectivity index (χ2n) is 6.80. The van der Waals surface area contributed by atoms with Gasteiger partial charge in [0.1, 0.15) is 23.0 Å². The number of anilines is 1. The van der Waals surface area contributed by atoms with E-state index in [2.05, 4.69) is 20.6 Å². The summed E-state index contributed by atoms with van der Waals surface area (Å²) in [7, 11) is 0. The fraction of sp³-hybridized carbons (Fsp3) is 0.136. The molecule has 0 unspecified atom stereocenters. The van der Waals surface area contributed by atoms with E-state index in [0.29, 0.717) is 18.3 Å². The Hall–Kier alpha value is -3.81. The van der Waals surface area contributed by atoms with Crippen LogP contribution in [-0.2, 0) is 6.54 Å². The van der Waals surface area contributed by atoms with Gasteiger partial charge in [0.25, 0.3) is 0 Å². The second-order valence-corrected chi connectivity index (χ2v) is 6.80. The Morgan fingerprint density at radius 2 is 1.90 bits per heavy atom. The molecule has 0 saturated heterocycles. The monoisotopic (exact) mass is 407 g/mol. The number of benzene rings is 2. The lowest BCUT2D eigenvalue weighted by atomic mass is 10.1. The smallest absolute Gasteiger partial charge is 0.319 e. The summed E-state index contributed by atoms with van der Waals surface area (Å²) in [5, 5.41) is 5.05. The summed E-state index contributed by atoms with van der Waals surface area (Å²) in [6.07, 6.45) is 1.69. The number of carbonyl (C=O) groups excluding carboxylic acids is 1. The van der Waals surface area contributed by atoms with E-state index >= 15 is 0 Å². The van der Waals surface area contributed by atoms with Crippen LogP contribution in [0, 0.1) is 18.6 Å². The first kappa shape index (κ1) is 19.5. The SMILES string of the molecule is Cc1ccc(-c2nc3cccnc3n2CCNC(=O)Nc2ccc(F)cc2F)cc1. The third kappa shape index (κ3) is 4.12. The zero-order chi connectivity index (χ0) is 21.1. The average Bonchev–Trinajstić information content (AvgIpc) is 3.09. The predicted molar refractivity (Wildman–Crippen MR) is 111 cm³/mol. The highest BCUT2D eigenvalue weighted by atomic mass is 19.1. The number of imidazole rings is 1. The number of aryl methyl sites for hydroxylation is 1. The van der Waals surface area contributed by atoms with Gasteiger partial charge < -0.3 is 15.2 Å². The van der Waals surface area contributed by atoms with Crippen LogP contribution >= 0.6 is 0 Å². The first-order chi connectivity index (χ1) is 14.5. The van der Waals surface area contributed by atoms with Gasteiger partial charge >= 0.3 is 6.03 Å². The van der Waals surface area contributed by atoms with Crippen LogP contribution in [0.5, 0.6) is 0 Å². The van der Waals surface area contributed by atoms with Crippen molar-refractivity contribution in [2.75, 3.05) is 11.9 Å². The molecule has 8 heteroatoms. The number of hydrogen-bond acceptors (Lipinski definition) is 3. The zero-order valence-electron chi connectivity index (χ0n) is 16.2. The van der Waals surface area contributed by atoms with Gasteiger partial charge in [0.2, 0.25) is 0 Å². The molecule has 30 heavy (non-hydrogen) atoms. The second kappa shape index (κ2) is 8.28. The number of carbonyl (C=O) groups is 1. The lowest BCUT2D eigenvalue weighted by molar-refractivity contribution is 0.251. The third-order valence-corrected chi connectivity index (χ3v) is 4.61. The lowest BCUT2D eigenvalue weighted by Gasteiger charge is -2.11. The summed E-state index contributed by atoms with van der Waals surface area (Å²) < 4.78 is 28.6. The van der Waals surface area contributed by atoms with Crippen molar-refractivity contribution in [2.24, 2.45) is 0 Å². The van der Waals surface area contributed by atoms with E-state index in [1.807, 2.05) is 47.9 Å². The minimum absolute atomic E-state index is 0.0935. The Morgan fingerprint density at radius 3 is 2.67 bits per heavy atom. The molecule has 0 spiro atoms. The van der Waals surface area contributed by atoms with Crippen molar-refractivity contribution in [1.29, 1.82) is 0 Å². The molecule has 2 aromatic heterocycles. The maximum Gasteiger partial charge on any atom is 0.319 e. The molecule has 0 aliphatic rings. The summed E-state index contributed by atoms with van der Waals surface area (Å²) in [4.78, 5) is 21.2. The molecule has 4 rings (SSSR count). The van der Waals surface area contributed by atoms with Gasteiger partial charge in [-0.3, -0.25) is 0 Å². The number of halogens is 2. The highest BCUT2D eigenvalue weighted by Gasteiger charge is 2.14. The van der Waals surface area contributed by atoms with E-state index in [-0.39, 0.29) is 12.2 Å². The van der Waals surface area contributed by atoms with Gasteiger partial charge in [-0.2, -0.15) is 0 Å². The Balaban J connectivity index is 1.50. The average molecular weight is 407 g/mol. The number of fused-ring (bicyclic) bond motifs is 1. The Kier molecular flexibility index (Phi) is 5.38. The third-order valence-electron chi connectivity index (χ3n) is 4.61. The minimum atomic E-state index is -0.836. The fourth-order valence-electron chi connectivity index (χ4n) is 3.13. The van der Waals surface area contributed by atoms with Crippen molar-refractivity contribution in [3.63, 3.8) is 0 Å². The summed E-state index contributed by atoms with van der Waals surface area (Å²) in [6, 6.07) is 14.1. The number of hydrogen-bond donors (Lipinski definition) is 2. The maximum atomic E-state index is 13.7. The summed E-state index contributed by atoms with van der Waals surface area (Å²) in [5.74, 6) is -0.798. The van der Waals surface area contributed by atoms with Crippen LogP contribution < -0.4 is 10.6 Å². The summed E-state index contributed by atoms with van der Waals surface area (Å²) in [5.41, 5.74) is 3.46. The van der Waals surface area contributed by atoms with Crippen LogP contribution in [-0.4, -0.2) is 27.1 Å². The number of aromatic nitrogens is 3. The van der Waals surface area contributed by atoms with Crippen LogP contribution in [0.2, 0.25) is 0 Å². The Bertz CT molecular complexity index is 1200. The number of rotatable bonds is 5. The van der Waals surface area contributed by atoms with Crippen LogP contribution in [0.4, 0.5) is 19.3 Å². The van der Waals surface area contributed by atoms with Crippen LogP contribution in [0.1, 0.15) is 5.56 Å². The van der Waals surface area contributed by atoms with Gasteiger partial charge in [0.15, 0.2) is 5.65 Å². The van der Waals surface area contributed by atoms with Crippen molar-refractivity contribution in [2.45, 2.75) is 13.5 Å². The maximum absolute atomic E-state index is 13.7. The molecule has 0 radical (unpaired) electrons. The highest BCUT2D eigenvalue weighted by Crippen LogP contribution is 2.23. The standard InChI is InChI=1S/C22H19F2N5O/c1-14-4-6-15(7-5-14)20-27-19-3-2-10-25-21(19)29(20)12-11-26-22(30)28-18-9-8-16(23)13-17(18)24/h2-10,13H,11-12H2,1H3,(H2,26,28,30). The summed E-state index contributed by atoms with van der Waals surface area (Å²) in [6.45, 7) is 2.69. The van der Waals surface area contributed by atoms with E-state index in [1.165, 1.54) is 6.07 Å². The lowest BCUT2D eigenvalue weighted by Crippen LogP contribution is -2.32. The van der Waals surface area contributed by atoms with E-state index in [4.69, 9.17) is 0 Å². The highest BCUT2D eigenvalue weighted by molar-refractivity contribution is 5.89. The first-order valence-corrected chi connectivity index (χ1v) is 9.39. The number of urea groups is 1. The quantitative estimate of drug-likeness (QED) is 0.511. The van der Waals surface area contributed by atoms with Crippen molar-refractivity contribution >= 4 is 22.9 Å². The van der Waals surface area contributed by atoms with Crippen molar-refractivity contribution in [3.8, 4) is 11.4 Å². The molecule has 0 bridgehead atoms. The number of nitrogens with zero attached hydrogens (tertiary/aromatic N) is 3. The molecular weight excluding hydrogens is 388 g/mol. The molecule has 152 valence electrons. The van der Waals surface area contributed by atoms with E-state index in [1.54, 1.807) is 6.20 Å². The fourth-order valence-corrected chi connectivity index (χ4v) is 3.13. The molecule has 0 saturated carbocycles. The molecule has 0 aliphatic carbocycles. The van der Waals surface area contributed by atoms with Gasteiger partial charge in [-0.15, -0.1) is 0 Å². The van der Waals surface area contributed by atoms with Crippen molar-refractivity contribution in [1.82, 2.24) is 19.9 Å². The topological polar surface area (TPSA) is 71.8 Å². The number of nitrogens with one attached hydrogen (secondary N) is 2. The molecule has 0 atom stereocenters. The molecule has 0 aliphatic heterocycles. The van der Waals surface area contributed by atoms with Crippen LogP contribution in [0.15, 0.2) is 60.8 Å². The molecule has 2 aromatic carbocycles. The van der Waals surface area contributed by atoms with Gasteiger partial charge in [0, 0.05) is 30.9 Å². The normalized spacial score (nSPS) is 10.9. The van der Waals surface area contributed by atoms with Gasteiger partial charge in [0.05, 0.1) is 5.69 Å². The minimum Gasteiger partial charge on any atom is -0.336 e. The first-order valence-electron chi connectivity index (χ1n) is 9.39. The predicted octanol–water partition coefficient (Wildman–Crippen LogP) is 4.51. The van der Waals surface area contributed by atoms with Gasteiger partial charge in [-0.25, -0.2) is 23.5 Å². The Labute approximate surface area is 171 Å².